The molecule has 0 radical (unpaired) electrons. The van der Waals surface area contributed by atoms with E-state index in [1.807, 2.05) is 60.7 Å². The van der Waals surface area contributed by atoms with E-state index in [2.05, 4.69) is 62.5 Å². The first-order valence-electron chi connectivity index (χ1n) is 12.3. The Bertz CT molecular complexity index is 1510. The van der Waals surface area contributed by atoms with E-state index in [1.165, 1.54) is 0 Å². The van der Waals surface area contributed by atoms with Crippen molar-refractivity contribution in [2.24, 2.45) is 0 Å². The zero-order valence-electron chi connectivity index (χ0n) is 21.2. The van der Waals surface area contributed by atoms with Crippen LogP contribution in [0.25, 0.3) is 33.6 Å². The zero-order chi connectivity index (χ0) is 25.8. The average Bonchev–Trinajstić information content (AvgIpc) is 2.90. The third-order valence-corrected chi connectivity index (χ3v) is 6.46. The van der Waals surface area contributed by atoms with E-state index in [0.717, 1.165) is 44.6 Å². The molecule has 1 amide bonds. The Hall–Kier alpha value is -4.70. The van der Waals surface area contributed by atoms with Gasteiger partial charge in [0.1, 0.15) is 5.75 Å². The third kappa shape index (κ3) is 5.14. The molecular weight excluding hydrogens is 456 g/mol. The van der Waals surface area contributed by atoms with Crippen molar-refractivity contribution in [2.45, 2.75) is 20.8 Å². The van der Waals surface area contributed by atoms with Crippen LogP contribution in [0, 0.1) is 20.8 Å². The highest BCUT2D eigenvalue weighted by Crippen LogP contribution is 2.41. The van der Waals surface area contributed by atoms with Gasteiger partial charge in [0.05, 0.1) is 17.1 Å². The Morgan fingerprint density at radius 1 is 0.622 bits per heavy atom. The molecule has 4 nitrogen and oxygen atoms in total. The fourth-order valence-electron chi connectivity index (χ4n) is 4.51. The molecule has 1 heterocycles. The molecule has 1 N–H and O–H groups in total. The van der Waals surface area contributed by atoms with Crippen molar-refractivity contribution in [2.75, 3.05) is 5.32 Å². The van der Waals surface area contributed by atoms with E-state index < -0.39 is 6.09 Å². The number of amides is 1. The molecule has 0 aliphatic rings. The molecule has 182 valence electrons. The number of para-hydroxylation sites is 1. The normalized spacial score (nSPS) is 10.7. The number of nitrogens with zero attached hydrogens (tertiary/aromatic N) is 1. The zero-order valence-corrected chi connectivity index (χ0v) is 21.2. The van der Waals surface area contributed by atoms with Crippen LogP contribution in [-0.4, -0.2) is 11.1 Å². The number of aromatic nitrogens is 1. The van der Waals surface area contributed by atoms with E-state index in [0.29, 0.717) is 17.1 Å². The molecule has 5 rings (SSSR count). The third-order valence-electron chi connectivity index (χ3n) is 6.46. The largest absolute Gasteiger partial charge is 0.417 e. The van der Waals surface area contributed by atoms with Gasteiger partial charge in [-0.05, 0) is 61.2 Å². The molecule has 1 aromatic heterocycles. The lowest BCUT2D eigenvalue weighted by Gasteiger charge is -2.20. The quantitative estimate of drug-likeness (QED) is 0.272. The summed E-state index contributed by atoms with van der Waals surface area (Å²) < 4.78 is 5.62. The summed E-state index contributed by atoms with van der Waals surface area (Å²) in [4.78, 5) is 18.3. The van der Waals surface area contributed by atoms with Crippen LogP contribution in [0.5, 0.6) is 5.75 Å². The van der Waals surface area contributed by atoms with Crippen LogP contribution in [0.1, 0.15) is 16.7 Å². The van der Waals surface area contributed by atoms with Gasteiger partial charge in [0.25, 0.3) is 0 Å². The van der Waals surface area contributed by atoms with Crippen LogP contribution < -0.4 is 10.1 Å². The van der Waals surface area contributed by atoms with Crippen molar-refractivity contribution in [3.63, 3.8) is 0 Å². The topological polar surface area (TPSA) is 51.2 Å². The van der Waals surface area contributed by atoms with Crippen LogP contribution >= 0.6 is 0 Å². The summed E-state index contributed by atoms with van der Waals surface area (Å²) in [5.74, 6) is 0.472. The van der Waals surface area contributed by atoms with Crippen LogP contribution in [0.2, 0.25) is 0 Å². The Kier molecular flexibility index (Phi) is 6.82. The molecule has 0 unspecified atom stereocenters. The lowest BCUT2D eigenvalue weighted by Crippen LogP contribution is -2.18. The predicted molar refractivity (Wildman–Crippen MR) is 151 cm³/mol. The van der Waals surface area contributed by atoms with Crippen LogP contribution in [0.4, 0.5) is 10.5 Å². The summed E-state index contributed by atoms with van der Waals surface area (Å²) in [6.45, 7) is 6.21. The summed E-state index contributed by atoms with van der Waals surface area (Å²) in [6.07, 6.45) is -0.568. The van der Waals surface area contributed by atoms with Crippen molar-refractivity contribution in [1.29, 1.82) is 0 Å². The fourth-order valence-corrected chi connectivity index (χ4v) is 4.51. The van der Waals surface area contributed by atoms with Crippen molar-refractivity contribution >= 4 is 11.8 Å². The first-order valence-corrected chi connectivity index (χ1v) is 12.3. The van der Waals surface area contributed by atoms with Gasteiger partial charge in [-0.1, -0.05) is 91.0 Å². The number of benzene rings is 4. The minimum Gasteiger partial charge on any atom is -0.410 e. The van der Waals surface area contributed by atoms with Crippen LogP contribution in [-0.2, 0) is 0 Å². The summed E-state index contributed by atoms with van der Waals surface area (Å²) in [7, 11) is 0. The molecule has 0 fully saturated rings. The first kappa shape index (κ1) is 24.0. The van der Waals surface area contributed by atoms with Gasteiger partial charge in [0.15, 0.2) is 0 Å². The second-order valence-electron chi connectivity index (χ2n) is 9.05. The molecule has 0 atom stereocenters. The maximum atomic E-state index is 13.2. The van der Waals surface area contributed by atoms with Gasteiger partial charge in [-0.2, -0.15) is 0 Å². The molecule has 0 aliphatic heterocycles. The molecule has 5 aromatic rings. The number of aryl methyl sites for hydroxylation is 3. The summed E-state index contributed by atoms with van der Waals surface area (Å²) in [5.41, 5.74) is 9.34. The summed E-state index contributed by atoms with van der Waals surface area (Å²) in [5, 5.41) is 3.05. The van der Waals surface area contributed by atoms with Gasteiger partial charge in [-0.3, -0.25) is 5.32 Å². The van der Waals surface area contributed by atoms with Crippen LogP contribution in [0.15, 0.2) is 109 Å². The maximum absolute atomic E-state index is 13.2. The average molecular weight is 485 g/mol. The van der Waals surface area contributed by atoms with Gasteiger partial charge in [0, 0.05) is 16.7 Å². The SMILES string of the molecule is Cc1ccccc1-c1cc(-c2ccccc2C)c(NC(=O)Oc2ccccc2)c(-c2ccccc2C)n1. The molecular formula is C33H28N2O2. The number of carbonyl (C=O) groups is 1. The van der Waals surface area contributed by atoms with Crippen molar-refractivity contribution in [3.05, 3.63) is 126 Å². The Labute approximate surface area is 217 Å². The van der Waals surface area contributed by atoms with Gasteiger partial charge in [0.2, 0.25) is 0 Å². The van der Waals surface area contributed by atoms with E-state index >= 15 is 0 Å². The maximum Gasteiger partial charge on any atom is 0.417 e. The lowest BCUT2D eigenvalue weighted by atomic mass is 9.93. The molecule has 37 heavy (non-hydrogen) atoms. The second-order valence-corrected chi connectivity index (χ2v) is 9.05. The minimum atomic E-state index is -0.568. The highest BCUT2D eigenvalue weighted by atomic mass is 16.6. The highest BCUT2D eigenvalue weighted by Gasteiger charge is 2.21. The number of hydrogen-bond acceptors (Lipinski definition) is 3. The van der Waals surface area contributed by atoms with E-state index in [-0.39, 0.29) is 0 Å². The van der Waals surface area contributed by atoms with E-state index in [1.54, 1.807) is 12.1 Å². The smallest absolute Gasteiger partial charge is 0.410 e. The fraction of sp³-hybridized carbons (Fsp3) is 0.0909. The summed E-state index contributed by atoms with van der Waals surface area (Å²) >= 11 is 0. The number of anilines is 1. The molecule has 4 heteroatoms. The number of rotatable bonds is 5. The Morgan fingerprint density at radius 2 is 1.14 bits per heavy atom. The van der Waals surface area contributed by atoms with E-state index in [4.69, 9.17) is 9.72 Å². The number of pyridine rings is 1. The minimum absolute atomic E-state index is 0.472. The van der Waals surface area contributed by atoms with E-state index in [9.17, 15) is 4.79 Å². The molecule has 4 aromatic carbocycles. The predicted octanol–water partition coefficient (Wildman–Crippen LogP) is 8.62. The van der Waals surface area contributed by atoms with Crippen molar-refractivity contribution in [3.8, 4) is 39.4 Å². The Morgan fingerprint density at radius 3 is 1.73 bits per heavy atom. The highest BCUT2D eigenvalue weighted by molar-refractivity contribution is 6.00. The molecule has 0 aliphatic carbocycles. The van der Waals surface area contributed by atoms with Gasteiger partial charge in [-0.15, -0.1) is 0 Å². The number of ether oxygens (including phenoxy) is 1. The number of nitrogens with one attached hydrogen (secondary N) is 1. The first-order chi connectivity index (χ1) is 18.0. The monoisotopic (exact) mass is 484 g/mol. The molecule has 0 bridgehead atoms. The second kappa shape index (κ2) is 10.5. The Balaban J connectivity index is 1.76. The van der Waals surface area contributed by atoms with Gasteiger partial charge < -0.3 is 4.74 Å². The standard InChI is InChI=1S/C33H28N2O2/c1-22-13-7-10-18-26(22)29-21-30(27-19-11-8-14-23(27)2)34-31(28-20-12-9-15-24(28)3)32(29)35-33(36)37-25-16-5-4-6-17-25/h4-21H,1-3H3,(H,35,36). The van der Waals surface area contributed by atoms with Gasteiger partial charge >= 0.3 is 6.09 Å². The summed E-state index contributed by atoms with van der Waals surface area (Å²) in [6, 6.07) is 35.6. The lowest BCUT2D eigenvalue weighted by molar-refractivity contribution is 0.215. The van der Waals surface area contributed by atoms with Crippen molar-refractivity contribution < 1.29 is 9.53 Å². The van der Waals surface area contributed by atoms with Gasteiger partial charge in [-0.25, -0.2) is 9.78 Å². The number of hydrogen-bond donors (Lipinski definition) is 1. The number of carbonyl (C=O) groups excluding carboxylic acids is 1. The van der Waals surface area contributed by atoms with Crippen LogP contribution in [0.3, 0.4) is 0 Å². The van der Waals surface area contributed by atoms with Crippen molar-refractivity contribution in [1.82, 2.24) is 4.98 Å². The molecule has 0 saturated carbocycles. The molecule has 0 spiro atoms. The molecule has 0 saturated heterocycles.